The minimum atomic E-state index is -0.484. The number of thiophene rings is 2. The number of methoxy groups -OCH3 is 1. The fourth-order valence-electron chi connectivity index (χ4n) is 4.15. The van der Waals surface area contributed by atoms with Crippen LogP contribution < -0.4 is 5.32 Å². The summed E-state index contributed by atoms with van der Waals surface area (Å²) in [6.07, 6.45) is 1.71. The number of amides is 2. The lowest BCUT2D eigenvalue weighted by Crippen LogP contribution is -2.42. The standard InChI is InChI=1S/C23H23FN2O3S2/c1-4-16-13(2)31-20-17(16)9-11-26(19(20)14-5-7-15(24)8-6-14)23(28)25-18-10-12-30-21(18)22(27)29-3/h5-8,10,12,19H,4,9,11H2,1-3H3,(H,25,28)/t19-/m1/s1. The van der Waals surface area contributed by atoms with Gasteiger partial charge in [0.2, 0.25) is 0 Å². The predicted molar refractivity (Wildman–Crippen MR) is 122 cm³/mol. The fraction of sp³-hybridized carbons (Fsp3) is 0.304. The second kappa shape index (κ2) is 8.80. The van der Waals surface area contributed by atoms with Gasteiger partial charge in [0.1, 0.15) is 10.7 Å². The molecule has 1 aromatic carbocycles. The number of hydrogen-bond donors (Lipinski definition) is 1. The molecule has 3 heterocycles. The van der Waals surface area contributed by atoms with Crippen LogP contribution in [0.5, 0.6) is 0 Å². The highest BCUT2D eigenvalue weighted by atomic mass is 32.1. The molecule has 0 radical (unpaired) electrons. The van der Waals surface area contributed by atoms with Crippen molar-refractivity contribution < 1.29 is 18.7 Å². The molecule has 0 saturated heterocycles. The van der Waals surface area contributed by atoms with Gasteiger partial charge in [-0.3, -0.25) is 0 Å². The van der Waals surface area contributed by atoms with Gasteiger partial charge in [-0.15, -0.1) is 22.7 Å². The third-order valence-corrected chi connectivity index (χ3v) is 7.73. The Bertz CT molecular complexity index is 1120. The van der Waals surface area contributed by atoms with Gasteiger partial charge in [-0.1, -0.05) is 19.1 Å². The van der Waals surface area contributed by atoms with Gasteiger partial charge in [0.15, 0.2) is 0 Å². The number of hydrogen-bond acceptors (Lipinski definition) is 5. The number of carbonyl (C=O) groups is 2. The summed E-state index contributed by atoms with van der Waals surface area (Å²) >= 11 is 2.92. The Morgan fingerprint density at radius 2 is 2.00 bits per heavy atom. The van der Waals surface area contributed by atoms with E-state index in [9.17, 15) is 14.0 Å². The van der Waals surface area contributed by atoms with E-state index in [1.54, 1.807) is 39.8 Å². The maximum absolute atomic E-state index is 13.6. The molecule has 1 aliphatic rings. The Morgan fingerprint density at radius 3 is 2.68 bits per heavy atom. The van der Waals surface area contributed by atoms with Crippen molar-refractivity contribution in [3.63, 3.8) is 0 Å². The van der Waals surface area contributed by atoms with Crippen molar-refractivity contribution in [3.8, 4) is 0 Å². The van der Waals surface area contributed by atoms with E-state index in [-0.39, 0.29) is 17.9 Å². The van der Waals surface area contributed by atoms with Crippen LogP contribution in [0.15, 0.2) is 35.7 Å². The van der Waals surface area contributed by atoms with E-state index >= 15 is 0 Å². The van der Waals surface area contributed by atoms with E-state index in [2.05, 4.69) is 19.2 Å². The zero-order valence-electron chi connectivity index (χ0n) is 17.5. The summed E-state index contributed by atoms with van der Waals surface area (Å²) in [6.45, 7) is 4.79. The highest BCUT2D eigenvalue weighted by Gasteiger charge is 2.35. The minimum Gasteiger partial charge on any atom is -0.465 e. The monoisotopic (exact) mass is 458 g/mol. The SMILES string of the molecule is CCc1c(C)sc2c1CCN(C(=O)Nc1ccsc1C(=O)OC)[C@@H]2c1ccc(F)cc1. The summed E-state index contributed by atoms with van der Waals surface area (Å²) in [4.78, 5) is 29.8. The molecular formula is C23H23FN2O3S2. The number of carbonyl (C=O) groups excluding carboxylic acids is 2. The molecule has 8 heteroatoms. The van der Waals surface area contributed by atoms with Crippen LogP contribution in [0.2, 0.25) is 0 Å². The number of esters is 1. The quantitative estimate of drug-likeness (QED) is 0.504. The van der Waals surface area contributed by atoms with Gasteiger partial charge in [0.05, 0.1) is 18.8 Å². The second-order valence-corrected chi connectivity index (χ2v) is 9.49. The van der Waals surface area contributed by atoms with Crippen molar-refractivity contribution in [3.05, 3.63) is 72.9 Å². The summed E-state index contributed by atoms with van der Waals surface area (Å²) in [5, 5.41) is 4.62. The van der Waals surface area contributed by atoms with Gasteiger partial charge < -0.3 is 15.0 Å². The Hall–Kier alpha value is -2.71. The maximum atomic E-state index is 13.6. The number of ether oxygens (including phenoxy) is 1. The first kappa shape index (κ1) is 21.5. The zero-order valence-corrected chi connectivity index (χ0v) is 19.2. The van der Waals surface area contributed by atoms with Crippen LogP contribution in [0.4, 0.5) is 14.9 Å². The average Bonchev–Trinajstić information content (AvgIpc) is 3.36. The van der Waals surface area contributed by atoms with Crippen molar-refractivity contribution in [2.75, 3.05) is 19.0 Å². The van der Waals surface area contributed by atoms with Crippen LogP contribution in [0.25, 0.3) is 0 Å². The van der Waals surface area contributed by atoms with Crippen molar-refractivity contribution in [2.45, 2.75) is 32.7 Å². The number of anilines is 1. The minimum absolute atomic E-state index is 0.298. The fourth-order valence-corrected chi connectivity index (χ4v) is 6.36. The van der Waals surface area contributed by atoms with E-state index in [0.29, 0.717) is 17.1 Å². The molecule has 162 valence electrons. The van der Waals surface area contributed by atoms with Crippen LogP contribution in [0, 0.1) is 12.7 Å². The number of nitrogens with one attached hydrogen (secondary N) is 1. The first-order chi connectivity index (χ1) is 14.9. The van der Waals surface area contributed by atoms with Gasteiger partial charge in [0, 0.05) is 16.3 Å². The van der Waals surface area contributed by atoms with E-state index in [1.807, 2.05) is 0 Å². The van der Waals surface area contributed by atoms with Crippen molar-refractivity contribution in [1.82, 2.24) is 4.90 Å². The molecule has 1 N–H and O–H groups in total. The molecule has 1 atom stereocenters. The normalized spacial score (nSPS) is 15.5. The van der Waals surface area contributed by atoms with Crippen molar-refractivity contribution >= 4 is 40.4 Å². The third-order valence-electron chi connectivity index (χ3n) is 5.59. The topological polar surface area (TPSA) is 58.6 Å². The summed E-state index contributed by atoms with van der Waals surface area (Å²) in [5.74, 6) is -0.795. The molecule has 31 heavy (non-hydrogen) atoms. The summed E-state index contributed by atoms with van der Waals surface area (Å²) in [6, 6.07) is 7.41. The number of halogens is 1. The van der Waals surface area contributed by atoms with E-state index in [0.717, 1.165) is 23.3 Å². The summed E-state index contributed by atoms with van der Waals surface area (Å²) < 4.78 is 18.4. The third kappa shape index (κ3) is 3.97. The first-order valence-corrected chi connectivity index (χ1v) is 11.7. The largest absolute Gasteiger partial charge is 0.465 e. The Kier molecular flexibility index (Phi) is 6.11. The molecular weight excluding hydrogens is 435 g/mol. The lowest BCUT2D eigenvalue weighted by Gasteiger charge is -2.36. The number of nitrogens with zero attached hydrogens (tertiary/aromatic N) is 1. The van der Waals surface area contributed by atoms with Crippen LogP contribution in [0.1, 0.15) is 49.1 Å². The van der Waals surface area contributed by atoms with Crippen LogP contribution in [-0.2, 0) is 17.6 Å². The molecule has 1 aliphatic heterocycles. The number of fused-ring (bicyclic) bond motifs is 1. The maximum Gasteiger partial charge on any atom is 0.350 e. The number of rotatable bonds is 4. The molecule has 5 nitrogen and oxygen atoms in total. The van der Waals surface area contributed by atoms with Crippen LogP contribution in [0.3, 0.4) is 0 Å². The Morgan fingerprint density at radius 1 is 1.26 bits per heavy atom. The predicted octanol–water partition coefficient (Wildman–Crippen LogP) is 5.79. The molecule has 3 aromatic rings. The Balaban J connectivity index is 1.72. The van der Waals surface area contributed by atoms with Crippen LogP contribution in [-0.4, -0.2) is 30.6 Å². The average molecular weight is 459 g/mol. The molecule has 0 aliphatic carbocycles. The molecule has 0 saturated carbocycles. The van der Waals surface area contributed by atoms with Crippen LogP contribution >= 0.6 is 22.7 Å². The molecule has 4 rings (SSSR count). The van der Waals surface area contributed by atoms with Gasteiger partial charge in [-0.25, -0.2) is 14.0 Å². The molecule has 0 unspecified atom stereocenters. The molecule has 2 aromatic heterocycles. The number of benzene rings is 1. The zero-order chi connectivity index (χ0) is 22.1. The van der Waals surface area contributed by atoms with Gasteiger partial charge in [0.25, 0.3) is 0 Å². The Labute approximate surface area is 188 Å². The molecule has 2 amide bonds. The van der Waals surface area contributed by atoms with Crippen molar-refractivity contribution in [1.29, 1.82) is 0 Å². The second-order valence-electron chi connectivity index (χ2n) is 7.32. The van der Waals surface area contributed by atoms with E-state index in [1.165, 1.54) is 46.6 Å². The van der Waals surface area contributed by atoms with E-state index in [4.69, 9.17) is 4.74 Å². The highest BCUT2D eigenvalue weighted by molar-refractivity contribution is 7.12. The van der Waals surface area contributed by atoms with Gasteiger partial charge >= 0.3 is 12.0 Å². The smallest absolute Gasteiger partial charge is 0.350 e. The van der Waals surface area contributed by atoms with Crippen molar-refractivity contribution in [2.24, 2.45) is 0 Å². The first-order valence-electron chi connectivity index (χ1n) is 10.0. The summed E-state index contributed by atoms with van der Waals surface area (Å²) in [7, 11) is 1.31. The molecule has 0 fully saturated rings. The summed E-state index contributed by atoms with van der Waals surface area (Å²) in [5.41, 5.74) is 3.94. The lowest BCUT2D eigenvalue weighted by atomic mass is 9.92. The highest BCUT2D eigenvalue weighted by Crippen LogP contribution is 2.43. The number of urea groups is 1. The lowest BCUT2D eigenvalue weighted by molar-refractivity contribution is 0.0607. The van der Waals surface area contributed by atoms with Gasteiger partial charge in [-0.2, -0.15) is 0 Å². The van der Waals surface area contributed by atoms with E-state index < -0.39 is 5.97 Å². The molecule has 0 spiro atoms. The number of aryl methyl sites for hydroxylation is 1. The van der Waals surface area contributed by atoms with Gasteiger partial charge in [-0.05, 0) is 60.0 Å². The molecule has 0 bridgehead atoms.